The molecular formula is C32H34BBrF2N12O2. The number of halogens is 3. The quantitative estimate of drug-likeness (QED) is 0.192. The van der Waals surface area contributed by atoms with Crippen molar-refractivity contribution in [1.29, 1.82) is 0 Å². The van der Waals surface area contributed by atoms with Crippen LogP contribution in [0.4, 0.5) is 20.2 Å². The lowest BCUT2D eigenvalue weighted by molar-refractivity contribution is 0.00578. The Morgan fingerprint density at radius 2 is 1.22 bits per heavy atom. The summed E-state index contributed by atoms with van der Waals surface area (Å²) in [6.45, 7) is 7.73. The molecule has 1 aliphatic rings. The van der Waals surface area contributed by atoms with Crippen molar-refractivity contribution in [1.82, 2.24) is 50.4 Å². The Kier molecular flexibility index (Phi) is 10.6. The van der Waals surface area contributed by atoms with Crippen molar-refractivity contribution < 1.29 is 18.1 Å². The van der Waals surface area contributed by atoms with Crippen molar-refractivity contribution >= 4 is 39.9 Å². The summed E-state index contributed by atoms with van der Waals surface area (Å²) in [5.74, 6) is 0.188. The minimum atomic E-state index is -0.680. The normalized spacial score (nSPS) is 14.4. The first kappa shape index (κ1) is 36.1. The highest BCUT2D eigenvalue weighted by Crippen LogP contribution is 2.36. The summed E-state index contributed by atoms with van der Waals surface area (Å²) in [4.78, 5) is 11.1. The molecule has 2 aromatic carbocycles. The summed E-state index contributed by atoms with van der Waals surface area (Å²) in [5, 5.41) is 23.2. The minimum Gasteiger partial charge on any atom is -0.399 e. The van der Waals surface area contributed by atoms with Gasteiger partial charge in [0, 0.05) is 44.8 Å². The van der Waals surface area contributed by atoms with Gasteiger partial charge in [-0.05, 0) is 103 Å². The summed E-state index contributed by atoms with van der Waals surface area (Å²) in [7, 11) is 2.71. The highest BCUT2D eigenvalue weighted by Gasteiger charge is 2.52. The highest BCUT2D eigenvalue weighted by molar-refractivity contribution is 9.10. The molecule has 18 heteroatoms. The molecule has 0 unspecified atom stereocenters. The summed E-state index contributed by atoms with van der Waals surface area (Å²) in [5.41, 5.74) is 13.7. The zero-order valence-electron chi connectivity index (χ0n) is 28.1. The first-order chi connectivity index (χ1) is 23.6. The number of hydrogen-bond acceptors (Lipinski definition) is 12. The maximum absolute atomic E-state index is 13.8. The first-order valence-electron chi connectivity index (χ1n) is 15.1. The van der Waals surface area contributed by atoms with Gasteiger partial charge in [0.25, 0.3) is 0 Å². The number of anilines is 2. The molecule has 14 nitrogen and oxygen atoms in total. The van der Waals surface area contributed by atoms with Crippen LogP contribution in [-0.4, -0.2) is 68.7 Å². The van der Waals surface area contributed by atoms with Crippen LogP contribution < -0.4 is 16.9 Å². The Morgan fingerprint density at radius 3 is 1.66 bits per heavy atom. The van der Waals surface area contributed by atoms with Crippen molar-refractivity contribution in [2.24, 2.45) is 14.1 Å². The van der Waals surface area contributed by atoms with Crippen LogP contribution in [0, 0.1) is 11.6 Å². The van der Waals surface area contributed by atoms with E-state index in [2.05, 4.69) is 56.7 Å². The van der Waals surface area contributed by atoms with Gasteiger partial charge in [0.05, 0.1) is 25.3 Å². The second-order valence-electron chi connectivity index (χ2n) is 12.1. The van der Waals surface area contributed by atoms with E-state index in [1.165, 1.54) is 21.7 Å². The van der Waals surface area contributed by atoms with Crippen LogP contribution in [0.15, 0.2) is 77.5 Å². The van der Waals surface area contributed by atoms with Crippen LogP contribution in [0.5, 0.6) is 0 Å². The summed E-state index contributed by atoms with van der Waals surface area (Å²) in [6, 6.07) is 16.3. The third-order valence-electron chi connectivity index (χ3n) is 7.80. The molecule has 50 heavy (non-hydrogen) atoms. The molecule has 7 rings (SSSR count). The van der Waals surface area contributed by atoms with Gasteiger partial charge in [-0.3, -0.25) is 9.97 Å². The number of tetrazole rings is 2. The molecule has 1 saturated heterocycles. The van der Waals surface area contributed by atoms with E-state index in [0.29, 0.717) is 45.3 Å². The fourth-order valence-corrected chi connectivity index (χ4v) is 4.67. The van der Waals surface area contributed by atoms with Crippen molar-refractivity contribution in [2.45, 2.75) is 38.9 Å². The van der Waals surface area contributed by atoms with Gasteiger partial charge in [-0.25, -0.2) is 8.78 Å². The van der Waals surface area contributed by atoms with E-state index in [1.807, 2.05) is 39.8 Å². The lowest BCUT2D eigenvalue weighted by atomic mass is 9.78. The van der Waals surface area contributed by atoms with Crippen LogP contribution in [0.1, 0.15) is 27.7 Å². The summed E-state index contributed by atoms with van der Waals surface area (Å²) >= 11 is 3.30. The predicted molar refractivity (Wildman–Crippen MR) is 188 cm³/mol. The standard InChI is InChI=1S/C13H11FN6.C12H17BFNO2.C7H6BrN5/c1-20-18-13(17-19-20)12-5-2-8(7-16-12)10-4-3-9(15)6-11(10)14;1-11(2)12(3,4)17-13(16-11)9-6-5-8(15)7-10(9)14;1-13-11-7(10-12-13)6-3-2-5(8)4-9-6/h2-7H,15H2,1H3;5-7H,15H2,1-4H3;2-4H,1H3. The van der Waals surface area contributed by atoms with Crippen molar-refractivity contribution in [2.75, 3.05) is 11.5 Å². The van der Waals surface area contributed by atoms with Crippen LogP contribution >= 0.6 is 15.9 Å². The van der Waals surface area contributed by atoms with Crippen LogP contribution in [-0.2, 0) is 23.4 Å². The lowest BCUT2D eigenvalue weighted by Gasteiger charge is -2.32. The number of aromatic nitrogens is 10. The third-order valence-corrected chi connectivity index (χ3v) is 8.27. The van der Waals surface area contributed by atoms with E-state index in [0.717, 1.165) is 10.2 Å². The van der Waals surface area contributed by atoms with Gasteiger partial charge in [0.1, 0.15) is 23.0 Å². The van der Waals surface area contributed by atoms with E-state index in [9.17, 15) is 8.78 Å². The number of rotatable bonds is 4. The van der Waals surface area contributed by atoms with E-state index < -0.39 is 24.1 Å². The average molecular weight is 747 g/mol. The van der Waals surface area contributed by atoms with Crippen molar-refractivity contribution in [3.05, 3.63) is 89.2 Å². The molecule has 0 amide bonds. The van der Waals surface area contributed by atoms with Gasteiger partial charge in [-0.15, -0.1) is 20.4 Å². The van der Waals surface area contributed by atoms with E-state index in [1.54, 1.807) is 62.9 Å². The molecule has 4 N–H and O–H groups in total. The highest BCUT2D eigenvalue weighted by atomic mass is 79.9. The Hall–Kier alpha value is -5.20. The number of hydrogen-bond donors (Lipinski definition) is 2. The number of nitrogens with two attached hydrogens (primary N) is 2. The van der Waals surface area contributed by atoms with Gasteiger partial charge in [-0.1, -0.05) is 12.1 Å². The van der Waals surface area contributed by atoms with Crippen molar-refractivity contribution in [3.63, 3.8) is 0 Å². The second-order valence-corrected chi connectivity index (χ2v) is 13.0. The summed E-state index contributed by atoms with van der Waals surface area (Å²) < 4.78 is 40.0. The fraction of sp³-hybridized carbons (Fsp3) is 0.250. The largest absolute Gasteiger partial charge is 0.497 e. The maximum atomic E-state index is 13.8. The SMILES string of the molecule is CC1(C)OB(c2ccc(N)cc2F)OC1(C)C.Cn1nnc(-c2ccc(-c3ccc(N)cc3F)cn2)n1.Cn1nnc(-c2ccc(Br)cn2)n1. The molecule has 1 fully saturated rings. The molecular weight excluding hydrogens is 713 g/mol. The lowest BCUT2D eigenvalue weighted by Crippen LogP contribution is -2.41. The molecule has 6 aromatic rings. The molecule has 4 aromatic heterocycles. The average Bonchev–Trinajstić information content (AvgIpc) is 3.75. The van der Waals surface area contributed by atoms with E-state index in [-0.39, 0.29) is 5.82 Å². The molecule has 0 radical (unpaired) electrons. The topological polar surface area (TPSA) is 183 Å². The van der Waals surface area contributed by atoms with Gasteiger partial charge in [0.2, 0.25) is 11.6 Å². The Morgan fingerprint density at radius 1 is 0.700 bits per heavy atom. The van der Waals surface area contributed by atoms with Gasteiger partial charge in [-0.2, -0.15) is 9.59 Å². The Bertz CT molecular complexity index is 2060. The zero-order chi connectivity index (χ0) is 36.2. The molecule has 0 saturated carbocycles. The number of aryl methyl sites for hydroxylation is 2. The molecule has 0 bridgehead atoms. The van der Waals surface area contributed by atoms with Crippen molar-refractivity contribution in [3.8, 4) is 34.2 Å². The number of pyridine rings is 2. The molecule has 1 aliphatic heterocycles. The Balaban J connectivity index is 0.000000149. The molecule has 0 spiro atoms. The monoisotopic (exact) mass is 746 g/mol. The molecule has 258 valence electrons. The second kappa shape index (κ2) is 14.7. The smallest absolute Gasteiger partial charge is 0.399 e. The molecule has 0 atom stereocenters. The number of nitrogen functional groups attached to an aromatic ring is 2. The third kappa shape index (κ3) is 8.50. The number of nitrogens with zero attached hydrogens (tertiary/aromatic N) is 10. The number of benzene rings is 2. The zero-order valence-corrected chi connectivity index (χ0v) is 29.7. The summed E-state index contributed by atoms with van der Waals surface area (Å²) in [6.07, 6.45) is 3.27. The van der Waals surface area contributed by atoms with Gasteiger partial charge < -0.3 is 20.8 Å². The fourth-order valence-electron chi connectivity index (χ4n) is 4.44. The van der Waals surface area contributed by atoms with Gasteiger partial charge in [0.15, 0.2) is 0 Å². The van der Waals surface area contributed by atoms with Crippen LogP contribution in [0.2, 0.25) is 0 Å². The molecule has 0 aliphatic carbocycles. The Labute approximate surface area is 295 Å². The van der Waals surface area contributed by atoms with Gasteiger partial charge >= 0.3 is 7.12 Å². The molecule has 5 heterocycles. The van der Waals surface area contributed by atoms with E-state index in [4.69, 9.17) is 20.8 Å². The minimum absolute atomic E-state index is 0.378. The van der Waals surface area contributed by atoms with Crippen LogP contribution in [0.25, 0.3) is 34.2 Å². The first-order valence-corrected chi connectivity index (χ1v) is 15.9. The maximum Gasteiger partial charge on any atom is 0.497 e. The predicted octanol–water partition coefficient (Wildman–Crippen LogP) is 4.40. The van der Waals surface area contributed by atoms with E-state index >= 15 is 0 Å². The van der Waals surface area contributed by atoms with Crippen LogP contribution in [0.3, 0.4) is 0 Å².